The highest BCUT2D eigenvalue weighted by molar-refractivity contribution is 6.07. The average molecular weight is 361 g/mol. The smallest absolute Gasteiger partial charge is 0.318 e. The molecule has 0 saturated carbocycles. The van der Waals surface area contributed by atoms with E-state index in [1.54, 1.807) is 6.07 Å². The fourth-order valence-corrected chi connectivity index (χ4v) is 2.87. The van der Waals surface area contributed by atoms with Gasteiger partial charge in [0, 0.05) is 49.3 Å². The number of likely N-dealkylation sites (N-methyl/N-ethyl adjacent to an activating group) is 1. The van der Waals surface area contributed by atoms with Gasteiger partial charge in [0.05, 0.1) is 0 Å². The van der Waals surface area contributed by atoms with Crippen LogP contribution in [0.1, 0.15) is 22.5 Å². The summed E-state index contributed by atoms with van der Waals surface area (Å²) in [5.74, 6) is -0.669. The molecule has 0 atom stereocenters. The van der Waals surface area contributed by atoms with Crippen molar-refractivity contribution in [2.45, 2.75) is 6.42 Å². The fraction of sp³-hybridized carbons (Fsp3) is 0.294. The molecule has 2 heterocycles. The predicted octanol–water partition coefficient (Wildman–Crippen LogP) is 1.40. The molecule has 0 spiro atoms. The van der Waals surface area contributed by atoms with Crippen LogP contribution in [0.4, 0.5) is 9.18 Å². The number of aromatic amines is 1. The molecule has 26 heavy (non-hydrogen) atoms. The van der Waals surface area contributed by atoms with Gasteiger partial charge in [0.25, 0.3) is 5.91 Å². The van der Waals surface area contributed by atoms with Crippen molar-refractivity contribution in [3.8, 4) is 0 Å². The van der Waals surface area contributed by atoms with Crippen molar-refractivity contribution in [2.24, 2.45) is 0 Å². The van der Waals surface area contributed by atoms with Gasteiger partial charge < -0.3 is 26.1 Å². The number of H-pyrrole nitrogens is 1. The van der Waals surface area contributed by atoms with Gasteiger partial charge in [-0.15, -0.1) is 0 Å². The van der Waals surface area contributed by atoms with Crippen LogP contribution in [0.3, 0.4) is 0 Å². The fourth-order valence-electron chi connectivity index (χ4n) is 2.87. The summed E-state index contributed by atoms with van der Waals surface area (Å²) in [6, 6.07) is 3.84. The summed E-state index contributed by atoms with van der Waals surface area (Å²) >= 11 is 0. The molecule has 0 bridgehead atoms. The zero-order valence-electron chi connectivity index (χ0n) is 14.2. The molecule has 8 nitrogen and oxygen atoms in total. The van der Waals surface area contributed by atoms with Crippen LogP contribution in [0, 0.1) is 5.82 Å². The molecule has 5 N–H and O–H groups in total. The number of carbonyl (C=O) groups is 2. The summed E-state index contributed by atoms with van der Waals surface area (Å²) in [6.07, 6.45) is 2.01. The summed E-state index contributed by atoms with van der Waals surface area (Å²) in [7, 11) is 1.48. The number of carbonyl (C=O) groups excluding carboxylic acids is 2. The van der Waals surface area contributed by atoms with Crippen LogP contribution in [0.5, 0.6) is 0 Å². The van der Waals surface area contributed by atoms with E-state index >= 15 is 0 Å². The number of nitrogens with one attached hydrogen (secondary N) is 4. The van der Waals surface area contributed by atoms with E-state index in [4.69, 9.17) is 5.21 Å². The van der Waals surface area contributed by atoms with E-state index in [1.165, 1.54) is 25.4 Å². The molecule has 0 radical (unpaired) electrons. The molecule has 1 aromatic heterocycles. The molecular weight excluding hydrogens is 341 g/mol. The van der Waals surface area contributed by atoms with Crippen LogP contribution < -0.4 is 16.0 Å². The predicted molar refractivity (Wildman–Crippen MR) is 94.1 cm³/mol. The zero-order chi connectivity index (χ0) is 18.7. The maximum Gasteiger partial charge on any atom is 0.318 e. The first kappa shape index (κ1) is 17.9. The number of hydroxylamine groups is 2. The molecule has 9 heteroatoms. The summed E-state index contributed by atoms with van der Waals surface area (Å²) in [5.41, 5.74) is 2.29. The van der Waals surface area contributed by atoms with E-state index in [1.807, 2.05) is 0 Å². The lowest BCUT2D eigenvalue weighted by Crippen LogP contribution is -2.37. The maximum atomic E-state index is 13.7. The number of fused-ring (bicyclic) bond motifs is 3. The Kier molecular flexibility index (Phi) is 5.19. The van der Waals surface area contributed by atoms with Crippen LogP contribution in [0.25, 0.3) is 16.5 Å². The monoisotopic (exact) mass is 361 g/mol. The standard InChI is InChI=1S/C17H20FN5O3/c1-23(26)7-6-20-17(25)21-9-10-4-5-19-16(24)15-14(10)12-8-11(18)2-3-13(12)22-15/h2-3,8-9,22,26H,4-7H2,1H3,(H,19,24)(H2,20,21,25). The number of benzene rings is 1. The molecule has 3 rings (SSSR count). The van der Waals surface area contributed by atoms with Crippen molar-refractivity contribution in [3.63, 3.8) is 0 Å². The van der Waals surface area contributed by atoms with Gasteiger partial charge in [-0.1, -0.05) is 0 Å². The van der Waals surface area contributed by atoms with E-state index in [0.717, 1.165) is 5.06 Å². The maximum absolute atomic E-state index is 13.7. The Hall–Kier alpha value is -2.91. The molecule has 3 amide bonds. The van der Waals surface area contributed by atoms with Crippen molar-refractivity contribution in [1.29, 1.82) is 0 Å². The lowest BCUT2D eigenvalue weighted by Gasteiger charge is -2.10. The zero-order valence-corrected chi connectivity index (χ0v) is 14.2. The number of hydrogen-bond acceptors (Lipinski definition) is 4. The second-order valence-corrected chi connectivity index (χ2v) is 6.02. The van der Waals surface area contributed by atoms with Crippen molar-refractivity contribution in [2.75, 3.05) is 26.7 Å². The quantitative estimate of drug-likeness (QED) is 0.530. The third kappa shape index (κ3) is 3.84. The third-order valence-corrected chi connectivity index (χ3v) is 4.09. The third-order valence-electron chi connectivity index (χ3n) is 4.09. The number of halogens is 1. The minimum atomic E-state index is -0.435. The van der Waals surface area contributed by atoms with Crippen molar-refractivity contribution >= 4 is 28.4 Å². The van der Waals surface area contributed by atoms with Gasteiger partial charge in [-0.25, -0.2) is 9.18 Å². The van der Waals surface area contributed by atoms with Gasteiger partial charge >= 0.3 is 6.03 Å². The SMILES string of the molecule is CN(O)CCNC(=O)NC=C1CCNC(=O)c2[nH]c3ccc(F)cc3c21. The molecule has 1 aromatic carbocycles. The van der Waals surface area contributed by atoms with Gasteiger partial charge in [-0.2, -0.15) is 5.06 Å². The van der Waals surface area contributed by atoms with Crippen LogP contribution in [0.15, 0.2) is 24.4 Å². The van der Waals surface area contributed by atoms with Crippen LogP contribution in [-0.4, -0.2) is 53.9 Å². The summed E-state index contributed by atoms with van der Waals surface area (Å²) in [6.45, 7) is 0.961. The molecule has 1 aliphatic rings. The Morgan fingerprint density at radius 3 is 3.04 bits per heavy atom. The Morgan fingerprint density at radius 2 is 2.27 bits per heavy atom. The second-order valence-electron chi connectivity index (χ2n) is 6.02. The number of nitrogens with zero attached hydrogens (tertiary/aromatic N) is 1. The van der Waals surface area contributed by atoms with Gasteiger partial charge in [-0.3, -0.25) is 4.79 Å². The largest absolute Gasteiger partial charge is 0.350 e. The van der Waals surface area contributed by atoms with Crippen molar-refractivity contribution < 1.29 is 19.2 Å². The van der Waals surface area contributed by atoms with Crippen LogP contribution in [-0.2, 0) is 0 Å². The number of urea groups is 1. The van der Waals surface area contributed by atoms with E-state index in [0.29, 0.717) is 40.7 Å². The topological polar surface area (TPSA) is 109 Å². The van der Waals surface area contributed by atoms with Crippen molar-refractivity contribution in [3.05, 3.63) is 41.5 Å². The molecule has 1 aliphatic heterocycles. The first-order valence-corrected chi connectivity index (χ1v) is 8.19. The average Bonchev–Trinajstić information content (AvgIpc) is 2.88. The summed E-state index contributed by atoms with van der Waals surface area (Å²) in [5, 5.41) is 18.6. The number of amides is 3. The number of rotatable bonds is 4. The summed E-state index contributed by atoms with van der Waals surface area (Å²) < 4.78 is 13.7. The molecule has 0 fully saturated rings. The molecule has 0 unspecified atom stereocenters. The van der Waals surface area contributed by atoms with Crippen molar-refractivity contribution in [1.82, 2.24) is 26.0 Å². The number of hydrogen-bond donors (Lipinski definition) is 5. The first-order chi connectivity index (χ1) is 12.5. The summed E-state index contributed by atoms with van der Waals surface area (Å²) in [4.78, 5) is 27.1. The van der Waals surface area contributed by atoms with Gasteiger partial charge in [0.1, 0.15) is 11.5 Å². The highest BCUT2D eigenvalue weighted by Crippen LogP contribution is 2.32. The molecule has 0 saturated heterocycles. The highest BCUT2D eigenvalue weighted by Gasteiger charge is 2.24. The van der Waals surface area contributed by atoms with Crippen LogP contribution in [0.2, 0.25) is 0 Å². The lowest BCUT2D eigenvalue weighted by atomic mass is 10.0. The first-order valence-electron chi connectivity index (χ1n) is 8.19. The van der Waals surface area contributed by atoms with Gasteiger partial charge in [0.15, 0.2) is 0 Å². The van der Waals surface area contributed by atoms with E-state index in [9.17, 15) is 14.0 Å². The molecule has 138 valence electrons. The minimum Gasteiger partial charge on any atom is -0.350 e. The number of aromatic nitrogens is 1. The van der Waals surface area contributed by atoms with Gasteiger partial charge in [-0.05, 0) is 30.2 Å². The van der Waals surface area contributed by atoms with E-state index in [2.05, 4.69) is 20.9 Å². The second kappa shape index (κ2) is 7.54. The Bertz CT molecular complexity index is 875. The normalized spacial score (nSPS) is 15.7. The van der Waals surface area contributed by atoms with Gasteiger partial charge in [0.2, 0.25) is 0 Å². The Balaban J connectivity index is 1.87. The molecule has 0 aliphatic carbocycles. The minimum absolute atomic E-state index is 0.268. The Labute approximate surface area is 149 Å². The molecular formula is C17H20FN5O3. The van der Waals surface area contributed by atoms with Crippen LogP contribution >= 0.6 is 0 Å². The van der Waals surface area contributed by atoms with E-state index < -0.39 is 11.8 Å². The highest BCUT2D eigenvalue weighted by atomic mass is 19.1. The lowest BCUT2D eigenvalue weighted by molar-refractivity contribution is -0.0625. The Morgan fingerprint density at radius 1 is 1.46 bits per heavy atom. The van der Waals surface area contributed by atoms with E-state index in [-0.39, 0.29) is 19.0 Å². The molecule has 2 aromatic rings.